The molecule has 3 rings (SSSR count). The van der Waals surface area contributed by atoms with Crippen molar-refractivity contribution < 1.29 is 18.4 Å². The molecule has 0 aliphatic carbocycles. The summed E-state index contributed by atoms with van der Waals surface area (Å²) in [4.78, 5) is 14.2. The fraction of sp³-hybridized carbons (Fsp3) is 0.375. The maximum Gasteiger partial charge on any atom is 0.274 e. The van der Waals surface area contributed by atoms with Gasteiger partial charge in [-0.3, -0.25) is 4.79 Å². The third kappa shape index (κ3) is 3.68. The summed E-state index contributed by atoms with van der Waals surface area (Å²) in [7, 11) is 0. The number of carbonyl (C=O) groups is 1. The van der Waals surface area contributed by atoms with E-state index >= 15 is 0 Å². The van der Waals surface area contributed by atoms with E-state index in [1.165, 1.54) is 12.1 Å². The van der Waals surface area contributed by atoms with Crippen molar-refractivity contribution in [1.29, 1.82) is 0 Å². The van der Waals surface area contributed by atoms with Crippen LogP contribution in [-0.4, -0.2) is 37.4 Å². The molecule has 2 heterocycles. The van der Waals surface area contributed by atoms with Gasteiger partial charge in [0.25, 0.3) is 5.91 Å². The molecule has 1 aliphatic heterocycles. The monoisotopic (exact) mass is 319 g/mol. The van der Waals surface area contributed by atoms with E-state index in [2.05, 4.69) is 10.5 Å². The molecule has 6 nitrogen and oxygen atoms in total. The molecule has 0 spiro atoms. The number of morpholine rings is 1. The van der Waals surface area contributed by atoms with Crippen LogP contribution in [-0.2, 0) is 4.74 Å². The van der Waals surface area contributed by atoms with Gasteiger partial charge in [-0.05, 0) is 24.6 Å². The number of nitrogens with zero attached hydrogens (tertiary/aromatic N) is 2. The second-order valence-corrected chi connectivity index (χ2v) is 5.40. The maximum absolute atomic E-state index is 12.9. The Balaban J connectivity index is 1.63. The Labute approximate surface area is 133 Å². The van der Waals surface area contributed by atoms with Crippen LogP contribution in [0.2, 0.25) is 0 Å². The normalized spacial score (nSPS) is 16.2. The van der Waals surface area contributed by atoms with Gasteiger partial charge < -0.3 is 19.5 Å². The van der Waals surface area contributed by atoms with E-state index in [0.29, 0.717) is 32.2 Å². The molecule has 1 saturated heterocycles. The van der Waals surface area contributed by atoms with Gasteiger partial charge in [-0.25, -0.2) is 4.39 Å². The number of hydrogen-bond donors (Lipinski definition) is 1. The highest BCUT2D eigenvalue weighted by molar-refractivity contribution is 5.93. The van der Waals surface area contributed by atoms with E-state index in [1.807, 2.05) is 11.8 Å². The quantitative estimate of drug-likeness (QED) is 0.935. The summed E-state index contributed by atoms with van der Waals surface area (Å²) in [6.07, 6.45) is 0. The third-order valence-electron chi connectivity index (χ3n) is 3.77. The number of aromatic nitrogens is 1. The van der Waals surface area contributed by atoms with Crippen LogP contribution in [0.1, 0.15) is 29.0 Å². The number of amides is 1. The lowest BCUT2D eigenvalue weighted by Gasteiger charge is -2.25. The predicted octanol–water partition coefficient (Wildman–Crippen LogP) is 2.14. The molecular weight excluding hydrogens is 301 g/mol. The van der Waals surface area contributed by atoms with Crippen molar-refractivity contribution in [2.24, 2.45) is 0 Å². The summed E-state index contributed by atoms with van der Waals surface area (Å²) in [5.74, 6) is -0.0723. The largest absolute Gasteiger partial charge is 0.378 e. The number of anilines is 1. The highest BCUT2D eigenvalue weighted by Gasteiger charge is 2.20. The molecule has 1 aromatic heterocycles. The Morgan fingerprint density at radius 2 is 2.00 bits per heavy atom. The lowest BCUT2D eigenvalue weighted by Crippen LogP contribution is -2.35. The molecule has 2 aromatic rings. The Morgan fingerprint density at radius 1 is 1.30 bits per heavy atom. The Kier molecular flexibility index (Phi) is 4.57. The number of rotatable bonds is 4. The van der Waals surface area contributed by atoms with E-state index in [9.17, 15) is 9.18 Å². The molecule has 7 heteroatoms. The first-order chi connectivity index (χ1) is 11.1. The first-order valence-electron chi connectivity index (χ1n) is 7.49. The summed E-state index contributed by atoms with van der Waals surface area (Å²) in [5.41, 5.74) is 1.04. The second-order valence-electron chi connectivity index (χ2n) is 5.40. The van der Waals surface area contributed by atoms with Crippen molar-refractivity contribution in [3.63, 3.8) is 0 Å². The zero-order valence-corrected chi connectivity index (χ0v) is 12.8. The van der Waals surface area contributed by atoms with Gasteiger partial charge in [0, 0.05) is 19.2 Å². The van der Waals surface area contributed by atoms with E-state index < -0.39 is 0 Å². The molecule has 0 saturated carbocycles. The molecule has 23 heavy (non-hydrogen) atoms. The highest BCUT2D eigenvalue weighted by Crippen LogP contribution is 2.18. The van der Waals surface area contributed by atoms with Crippen molar-refractivity contribution >= 4 is 11.8 Å². The maximum atomic E-state index is 12.9. The third-order valence-corrected chi connectivity index (χ3v) is 3.77. The molecule has 1 amide bonds. The van der Waals surface area contributed by atoms with Crippen LogP contribution in [0.25, 0.3) is 0 Å². The minimum absolute atomic E-state index is 0.223. The van der Waals surface area contributed by atoms with E-state index in [0.717, 1.165) is 5.56 Å². The standard InChI is InChI=1S/C16H18FN3O3/c1-11(12-2-4-13(17)5-3-12)18-16(21)14-10-15(23-19-14)20-6-8-22-9-7-20/h2-5,10-11H,6-9H2,1H3,(H,18,21)/t11-/m0/s1. The van der Waals surface area contributed by atoms with Gasteiger partial charge in [0.1, 0.15) is 5.82 Å². The van der Waals surface area contributed by atoms with Crippen LogP contribution in [0, 0.1) is 5.82 Å². The van der Waals surface area contributed by atoms with Crippen molar-refractivity contribution in [3.05, 3.63) is 47.4 Å². The van der Waals surface area contributed by atoms with Gasteiger partial charge in [-0.15, -0.1) is 0 Å². The van der Waals surface area contributed by atoms with Gasteiger partial charge >= 0.3 is 0 Å². The molecule has 0 radical (unpaired) electrons. The van der Waals surface area contributed by atoms with Crippen LogP contribution in [0.15, 0.2) is 34.9 Å². The minimum atomic E-state index is -0.329. The number of nitrogens with one attached hydrogen (secondary N) is 1. The first-order valence-corrected chi connectivity index (χ1v) is 7.49. The van der Waals surface area contributed by atoms with Crippen molar-refractivity contribution in [1.82, 2.24) is 10.5 Å². The molecule has 1 N–H and O–H groups in total. The number of halogens is 1. The lowest BCUT2D eigenvalue weighted by atomic mass is 10.1. The summed E-state index contributed by atoms with van der Waals surface area (Å²) >= 11 is 0. The molecule has 1 aliphatic rings. The molecule has 1 aromatic carbocycles. The van der Waals surface area contributed by atoms with Gasteiger partial charge in [-0.2, -0.15) is 0 Å². The summed E-state index contributed by atoms with van der Waals surface area (Å²) < 4.78 is 23.4. The van der Waals surface area contributed by atoms with Crippen LogP contribution in [0.3, 0.4) is 0 Å². The minimum Gasteiger partial charge on any atom is -0.378 e. The topological polar surface area (TPSA) is 67.6 Å². The lowest BCUT2D eigenvalue weighted by molar-refractivity contribution is 0.0930. The van der Waals surface area contributed by atoms with Crippen LogP contribution < -0.4 is 10.2 Å². The zero-order chi connectivity index (χ0) is 16.2. The van der Waals surface area contributed by atoms with Gasteiger partial charge in [-0.1, -0.05) is 17.3 Å². The highest BCUT2D eigenvalue weighted by atomic mass is 19.1. The molecule has 0 bridgehead atoms. The predicted molar refractivity (Wildman–Crippen MR) is 81.8 cm³/mol. The fourth-order valence-electron chi connectivity index (χ4n) is 2.41. The van der Waals surface area contributed by atoms with E-state index in [-0.39, 0.29) is 23.5 Å². The SMILES string of the molecule is C[C@H](NC(=O)c1cc(N2CCOCC2)on1)c1ccc(F)cc1. The number of hydrogen-bond acceptors (Lipinski definition) is 5. The van der Waals surface area contributed by atoms with Crippen LogP contribution in [0.5, 0.6) is 0 Å². The molecular formula is C16H18FN3O3. The van der Waals surface area contributed by atoms with Crippen LogP contribution in [0.4, 0.5) is 10.3 Å². The van der Waals surface area contributed by atoms with Crippen molar-refractivity contribution in [2.75, 3.05) is 31.2 Å². The average molecular weight is 319 g/mol. The fourth-order valence-corrected chi connectivity index (χ4v) is 2.41. The summed E-state index contributed by atoms with van der Waals surface area (Å²) in [6, 6.07) is 7.38. The van der Waals surface area contributed by atoms with Gasteiger partial charge in [0.15, 0.2) is 5.69 Å². The van der Waals surface area contributed by atoms with Crippen molar-refractivity contribution in [2.45, 2.75) is 13.0 Å². The van der Waals surface area contributed by atoms with E-state index in [4.69, 9.17) is 9.26 Å². The average Bonchev–Trinajstić information content (AvgIpc) is 3.06. The number of carbonyl (C=O) groups excluding carboxylic acids is 1. The van der Waals surface area contributed by atoms with Crippen LogP contribution >= 0.6 is 0 Å². The summed E-state index contributed by atoms with van der Waals surface area (Å²) in [6.45, 7) is 4.51. The number of benzene rings is 1. The van der Waals surface area contributed by atoms with Gasteiger partial charge in [0.2, 0.25) is 5.88 Å². The van der Waals surface area contributed by atoms with Gasteiger partial charge in [0.05, 0.1) is 19.3 Å². The molecule has 1 atom stereocenters. The zero-order valence-electron chi connectivity index (χ0n) is 12.8. The summed E-state index contributed by atoms with van der Waals surface area (Å²) in [5, 5.41) is 6.64. The number of ether oxygens (including phenoxy) is 1. The Bertz CT molecular complexity index is 665. The Hall–Kier alpha value is -2.41. The van der Waals surface area contributed by atoms with E-state index in [1.54, 1.807) is 18.2 Å². The second kappa shape index (κ2) is 6.78. The Morgan fingerprint density at radius 3 is 2.70 bits per heavy atom. The smallest absolute Gasteiger partial charge is 0.274 e. The van der Waals surface area contributed by atoms with Crippen molar-refractivity contribution in [3.8, 4) is 0 Å². The molecule has 122 valence electrons. The first kappa shape index (κ1) is 15.5. The molecule has 1 fully saturated rings. The molecule has 0 unspecified atom stereocenters.